The molecule has 0 saturated carbocycles. The summed E-state index contributed by atoms with van der Waals surface area (Å²) in [5, 5.41) is 6.94. The van der Waals surface area contributed by atoms with Crippen LogP contribution in [0.5, 0.6) is 0 Å². The van der Waals surface area contributed by atoms with Crippen molar-refractivity contribution in [3.8, 4) is 0 Å². The van der Waals surface area contributed by atoms with Crippen LogP contribution in [0.1, 0.15) is 19.4 Å². The van der Waals surface area contributed by atoms with Gasteiger partial charge in [0.15, 0.2) is 5.11 Å². The van der Waals surface area contributed by atoms with Gasteiger partial charge in [-0.2, -0.15) is 0 Å². The minimum Gasteiger partial charge on any atom is -0.380 e. The van der Waals surface area contributed by atoms with Gasteiger partial charge in [-0.15, -0.1) is 0 Å². The van der Waals surface area contributed by atoms with Gasteiger partial charge in [-0.1, -0.05) is 18.2 Å². The van der Waals surface area contributed by atoms with Crippen LogP contribution in [0.25, 0.3) is 0 Å². The monoisotopic (exact) mass is 238 g/mol. The second-order valence-corrected chi connectivity index (χ2v) is 4.25. The third-order valence-corrected chi connectivity index (χ3v) is 2.21. The Kier molecular flexibility index (Phi) is 5.22. The van der Waals surface area contributed by atoms with E-state index in [2.05, 4.69) is 24.5 Å². The highest BCUT2D eigenvalue weighted by Gasteiger charge is 2.03. The normalized spacial score (nSPS) is 10.2. The highest BCUT2D eigenvalue weighted by molar-refractivity contribution is 7.80. The van der Waals surface area contributed by atoms with Crippen molar-refractivity contribution in [2.75, 3.05) is 12.4 Å². The molecule has 88 valence electrons. The van der Waals surface area contributed by atoms with E-state index in [1.807, 2.05) is 24.3 Å². The van der Waals surface area contributed by atoms with Crippen LogP contribution in [0.15, 0.2) is 24.3 Å². The van der Waals surface area contributed by atoms with E-state index in [1.165, 1.54) is 0 Å². The van der Waals surface area contributed by atoms with Crippen molar-refractivity contribution in [2.45, 2.75) is 26.5 Å². The van der Waals surface area contributed by atoms with Crippen molar-refractivity contribution < 1.29 is 4.74 Å². The number of rotatable bonds is 4. The molecule has 0 radical (unpaired) electrons. The standard InChI is InChI=1S/C12H18N2OS/c1-9(2)13-12(16)14-11-7-5-4-6-10(11)8-15-3/h4-7,9H,8H2,1-3H3,(H2,13,14,16). The zero-order valence-electron chi connectivity index (χ0n) is 9.91. The Morgan fingerprint density at radius 1 is 1.38 bits per heavy atom. The molecule has 0 spiro atoms. The summed E-state index contributed by atoms with van der Waals surface area (Å²) in [5.41, 5.74) is 2.08. The number of methoxy groups -OCH3 is 1. The molecule has 2 N–H and O–H groups in total. The van der Waals surface area contributed by atoms with Crippen LogP contribution in [-0.2, 0) is 11.3 Å². The molecular formula is C12H18N2OS. The first-order chi connectivity index (χ1) is 7.63. The van der Waals surface area contributed by atoms with Crippen LogP contribution in [0.4, 0.5) is 5.69 Å². The van der Waals surface area contributed by atoms with Gasteiger partial charge in [0.25, 0.3) is 0 Å². The molecule has 0 aliphatic rings. The van der Waals surface area contributed by atoms with E-state index in [0.29, 0.717) is 17.8 Å². The Bertz CT molecular complexity index is 353. The predicted molar refractivity (Wildman–Crippen MR) is 71.6 cm³/mol. The molecule has 0 fully saturated rings. The lowest BCUT2D eigenvalue weighted by atomic mass is 10.2. The van der Waals surface area contributed by atoms with Gasteiger partial charge in [-0.3, -0.25) is 0 Å². The molecule has 1 aromatic carbocycles. The van der Waals surface area contributed by atoms with Gasteiger partial charge >= 0.3 is 0 Å². The number of anilines is 1. The molecule has 0 bridgehead atoms. The second-order valence-electron chi connectivity index (χ2n) is 3.84. The van der Waals surface area contributed by atoms with E-state index in [-0.39, 0.29) is 0 Å². The molecule has 0 atom stereocenters. The maximum Gasteiger partial charge on any atom is 0.170 e. The van der Waals surface area contributed by atoms with E-state index in [0.717, 1.165) is 11.3 Å². The Labute approximate surface area is 102 Å². The van der Waals surface area contributed by atoms with Crippen LogP contribution in [-0.4, -0.2) is 18.3 Å². The van der Waals surface area contributed by atoms with Crippen LogP contribution in [0.2, 0.25) is 0 Å². The van der Waals surface area contributed by atoms with Gasteiger partial charge in [0, 0.05) is 24.4 Å². The van der Waals surface area contributed by atoms with Crippen LogP contribution < -0.4 is 10.6 Å². The minimum absolute atomic E-state index is 0.328. The lowest BCUT2D eigenvalue weighted by Crippen LogP contribution is -2.34. The lowest BCUT2D eigenvalue weighted by Gasteiger charge is -2.15. The van der Waals surface area contributed by atoms with Crippen molar-refractivity contribution in [1.29, 1.82) is 0 Å². The van der Waals surface area contributed by atoms with Crippen LogP contribution in [0.3, 0.4) is 0 Å². The van der Waals surface area contributed by atoms with E-state index in [4.69, 9.17) is 17.0 Å². The highest BCUT2D eigenvalue weighted by atomic mass is 32.1. The fourth-order valence-corrected chi connectivity index (χ4v) is 1.69. The third kappa shape index (κ3) is 4.16. The summed E-state index contributed by atoms with van der Waals surface area (Å²) in [6, 6.07) is 8.29. The Hall–Kier alpha value is -1.13. The predicted octanol–water partition coefficient (Wildman–Crippen LogP) is 2.53. The third-order valence-electron chi connectivity index (χ3n) is 1.99. The van der Waals surface area contributed by atoms with E-state index in [1.54, 1.807) is 7.11 Å². The number of ether oxygens (including phenoxy) is 1. The minimum atomic E-state index is 0.328. The molecule has 1 rings (SSSR count). The molecule has 0 heterocycles. The number of nitrogens with one attached hydrogen (secondary N) is 2. The SMILES string of the molecule is COCc1ccccc1NC(=S)NC(C)C. The molecule has 0 aliphatic carbocycles. The van der Waals surface area contributed by atoms with Crippen LogP contribution >= 0.6 is 12.2 Å². The summed E-state index contributed by atoms with van der Waals surface area (Å²) in [7, 11) is 1.68. The average molecular weight is 238 g/mol. The quantitative estimate of drug-likeness (QED) is 0.790. The molecule has 16 heavy (non-hydrogen) atoms. The maximum absolute atomic E-state index is 5.19. The molecule has 1 aromatic rings. The maximum atomic E-state index is 5.19. The fourth-order valence-electron chi connectivity index (χ4n) is 1.34. The summed E-state index contributed by atoms with van der Waals surface area (Å²) in [6.07, 6.45) is 0. The fraction of sp³-hybridized carbons (Fsp3) is 0.417. The Balaban J connectivity index is 2.68. The van der Waals surface area contributed by atoms with Gasteiger partial charge in [0.2, 0.25) is 0 Å². The van der Waals surface area contributed by atoms with Crippen LogP contribution in [0, 0.1) is 0 Å². The first-order valence-electron chi connectivity index (χ1n) is 5.28. The molecule has 0 saturated heterocycles. The highest BCUT2D eigenvalue weighted by Crippen LogP contribution is 2.15. The molecular weight excluding hydrogens is 220 g/mol. The van der Waals surface area contributed by atoms with Gasteiger partial charge in [-0.25, -0.2) is 0 Å². The Morgan fingerprint density at radius 3 is 2.69 bits per heavy atom. The number of thiocarbonyl (C=S) groups is 1. The molecule has 0 amide bonds. The first kappa shape index (κ1) is 12.9. The summed E-state index contributed by atoms with van der Waals surface area (Å²) in [6.45, 7) is 4.68. The van der Waals surface area contributed by atoms with Crippen molar-refractivity contribution in [3.05, 3.63) is 29.8 Å². The second kappa shape index (κ2) is 6.45. The molecule has 4 heteroatoms. The topological polar surface area (TPSA) is 33.3 Å². The summed E-state index contributed by atoms with van der Waals surface area (Å²) < 4.78 is 5.13. The van der Waals surface area contributed by atoms with Gasteiger partial charge in [0.05, 0.1) is 6.61 Å². The number of benzene rings is 1. The summed E-state index contributed by atoms with van der Waals surface area (Å²) >= 11 is 5.19. The van der Waals surface area contributed by atoms with Crippen molar-refractivity contribution >= 4 is 23.0 Å². The average Bonchev–Trinajstić information content (AvgIpc) is 2.20. The van der Waals surface area contributed by atoms with Crippen molar-refractivity contribution in [1.82, 2.24) is 5.32 Å². The number of hydrogen-bond acceptors (Lipinski definition) is 2. The molecule has 0 unspecified atom stereocenters. The van der Waals surface area contributed by atoms with Crippen molar-refractivity contribution in [2.24, 2.45) is 0 Å². The Morgan fingerprint density at radius 2 is 2.06 bits per heavy atom. The molecule has 0 aromatic heterocycles. The van der Waals surface area contributed by atoms with E-state index >= 15 is 0 Å². The van der Waals surface area contributed by atoms with Gasteiger partial charge in [-0.05, 0) is 32.1 Å². The van der Waals surface area contributed by atoms with E-state index in [9.17, 15) is 0 Å². The van der Waals surface area contributed by atoms with Crippen molar-refractivity contribution in [3.63, 3.8) is 0 Å². The smallest absolute Gasteiger partial charge is 0.170 e. The summed E-state index contributed by atoms with van der Waals surface area (Å²) in [5.74, 6) is 0. The molecule has 0 aliphatic heterocycles. The summed E-state index contributed by atoms with van der Waals surface area (Å²) in [4.78, 5) is 0. The largest absolute Gasteiger partial charge is 0.380 e. The zero-order valence-corrected chi connectivity index (χ0v) is 10.7. The number of para-hydroxylation sites is 1. The van der Waals surface area contributed by atoms with Gasteiger partial charge in [0.1, 0.15) is 0 Å². The number of hydrogen-bond donors (Lipinski definition) is 2. The first-order valence-corrected chi connectivity index (χ1v) is 5.68. The van der Waals surface area contributed by atoms with Gasteiger partial charge < -0.3 is 15.4 Å². The molecule has 3 nitrogen and oxygen atoms in total. The zero-order chi connectivity index (χ0) is 12.0. The lowest BCUT2D eigenvalue weighted by molar-refractivity contribution is 0.185. The van der Waals surface area contributed by atoms with E-state index < -0.39 is 0 Å².